The van der Waals surface area contributed by atoms with Crippen molar-refractivity contribution < 1.29 is 14.3 Å². The van der Waals surface area contributed by atoms with Gasteiger partial charge in [-0.3, -0.25) is 9.20 Å². The lowest BCUT2D eigenvalue weighted by Crippen LogP contribution is -2.17. The summed E-state index contributed by atoms with van der Waals surface area (Å²) in [6.07, 6.45) is 1.68. The van der Waals surface area contributed by atoms with Gasteiger partial charge in [0.15, 0.2) is 10.8 Å². The quantitative estimate of drug-likeness (QED) is 0.358. The SMILES string of the molecule is CCOC(=O)c1ccccc1NC(=O)CSc1nnc2c3c(C)c(C)sc3ncn12. The van der Waals surface area contributed by atoms with Crippen LogP contribution >= 0.6 is 23.1 Å². The number of aromatic nitrogens is 4. The van der Waals surface area contributed by atoms with Crippen LogP contribution in [0.25, 0.3) is 15.9 Å². The summed E-state index contributed by atoms with van der Waals surface area (Å²) in [6, 6.07) is 6.76. The number of thiophene rings is 1. The molecular weight excluding hydrogens is 422 g/mol. The Kier molecular flexibility index (Phi) is 5.69. The molecule has 0 atom stereocenters. The predicted octanol–water partition coefficient (Wildman–Crippen LogP) is 3.86. The normalized spacial score (nSPS) is 11.2. The second-order valence-corrected chi connectivity index (χ2v) is 8.63. The van der Waals surface area contributed by atoms with Gasteiger partial charge in [0.1, 0.15) is 11.2 Å². The lowest BCUT2D eigenvalue weighted by molar-refractivity contribution is -0.113. The molecule has 4 rings (SSSR count). The Morgan fingerprint density at radius 1 is 1.23 bits per heavy atom. The summed E-state index contributed by atoms with van der Waals surface area (Å²) in [5.74, 6) is -0.622. The maximum atomic E-state index is 12.5. The largest absolute Gasteiger partial charge is 0.462 e. The minimum atomic E-state index is -0.471. The van der Waals surface area contributed by atoms with Crippen molar-refractivity contribution in [3.05, 3.63) is 46.6 Å². The van der Waals surface area contributed by atoms with Crippen LogP contribution in [0.1, 0.15) is 27.7 Å². The zero-order chi connectivity index (χ0) is 21.3. The lowest BCUT2D eigenvalue weighted by Gasteiger charge is -2.10. The lowest BCUT2D eigenvalue weighted by atomic mass is 10.2. The number of aryl methyl sites for hydroxylation is 2. The highest BCUT2D eigenvalue weighted by Crippen LogP contribution is 2.32. The Morgan fingerprint density at radius 2 is 2.03 bits per heavy atom. The fourth-order valence-corrected chi connectivity index (χ4v) is 4.71. The van der Waals surface area contributed by atoms with Crippen molar-refractivity contribution in [2.24, 2.45) is 0 Å². The highest BCUT2D eigenvalue weighted by atomic mass is 32.2. The second kappa shape index (κ2) is 8.41. The standard InChI is InChI=1S/C20H19N5O3S2/c1-4-28-19(27)13-7-5-6-8-14(13)22-15(26)9-29-20-24-23-17-16-11(2)12(3)30-18(16)21-10-25(17)20/h5-8,10H,4,9H2,1-3H3,(H,22,26). The van der Waals surface area contributed by atoms with E-state index in [1.165, 1.54) is 16.6 Å². The number of rotatable bonds is 6. The first kappa shape index (κ1) is 20.3. The molecule has 0 fully saturated rings. The van der Waals surface area contributed by atoms with E-state index in [1.54, 1.807) is 53.3 Å². The maximum Gasteiger partial charge on any atom is 0.340 e. The van der Waals surface area contributed by atoms with Crippen molar-refractivity contribution in [1.29, 1.82) is 0 Å². The number of hydrogen-bond acceptors (Lipinski definition) is 8. The van der Waals surface area contributed by atoms with Gasteiger partial charge in [0, 0.05) is 4.88 Å². The zero-order valence-electron chi connectivity index (χ0n) is 16.6. The van der Waals surface area contributed by atoms with E-state index in [0.29, 0.717) is 16.4 Å². The van der Waals surface area contributed by atoms with Crippen LogP contribution in [0.5, 0.6) is 0 Å². The van der Waals surface area contributed by atoms with Crippen molar-refractivity contribution in [2.75, 3.05) is 17.7 Å². The van der Waals surface area contributed by atoms with Crippen molar-refractivity contribution in [1.82, 2.24) is 19.6 Å². The fraction of sp³-hybridized carbons (Fsp3) is 0.250. The molecule has 0 radical (unpaired) electrons. The first-order valence-electron chi connectivity index (χ1n) is 9.27. The molecule has 0 saturated heterocycles. The molecule has 4 aromatic rings. The molecular formula is C20H19N5O3S2. The van der Waals surface area contributed by atoms with Gasteiger partial charge in [0.05, 0.1) is 29.0 Å². The number of fused-ring (bicyclic) bond motifs is 3. The van der Waals surface area contributed by atoms with Gasteiger partial charge in [-0.2, -0.15) is 0 Å². The van der Waals surface area contributed by atoms with Gasteiger partial charge in [-0.15, -0.1) is 21.5 Å². The van der Waals surface area contributed by atoms with E-state index in [4.69, 9.17) is 4.74 Å². The summed E-state index contributed by atoms with van der Waals surface area (Å²) in [4.78, 5) is 31.2. The van der Waals surface area contributed by atoms with Gasteiger partial charge in [-0.1, -0.05) is 23.9 Å². The third-order valence-electron chi connectivity index (χ3n) is 4.57. The molecule has 10 heteroatoms. The number of carbonyl (C=O) groups is 2. The molecule has 30 heavy (non-hydrogen) atoms. The number of benzene rings is 1. The second-order valence-electron chi connectivity index (χ2n) is 6.49. The highest BCUT2D eigenvalue weighted by Gasteiger charge is 2.17. The van der Waals surface area contributed by atoms with Crippen LogP contribution < -0.4 is 5.32 Å². The van der Waals surface area contributed by atoms with E-state index in [0.717, 1.165) is 21.4 Å². The van der Waals surface area contributed by atoms with Gasteiger partial charge < -0.3 is 10.1 Å². The van der Waals surface area contributed by atoms with Crippen LogP contribution in [-0.2, 0) is 9.53 Å². The number of hydrogen-bond donors (Lipinski definition) is 1. The number of amides is 1. The molecule has 8 nitrogen and oxygen atoms in total. The summed E-state index contributed by atoms with van der Waals surface area (Å²) >= 11 is 2.88. The fourth-order valence-electron chi connectivity index (χ4n) is 3.02. The van der Waals surface area contributed by atoms with Crippen LogP contribution in [0.2, 0.25) is 0 Å². The van der Waals surface area contributed by atoms with Gasteiger partial charge in [0.2, 0.25) is 5.91 Å². The number of thioether (sulfide) groups is 1. The van der Waals surface area contributed by atoms with Gasteiger partial charge in [-0.25, -0.2) is 9.78 Å². The molecule has 0 saturated carbocycles. The van der Waals surface area contributed by atoms with Crippen molar-refractivity contribution in [3.8, 4) is 0 Å². The molecule has 0 unspecified atom stereocenters. The van der Waals surface area contributed by atoms with Crippen molar-refractivity contribution in [2.45, 2.75) is 25.9 Å². The Morgan fingerprint density at radius 3 is 2.83 bits per heavy atom. The Labute approximate surface area is 180 Å². The first-order chi connectivity index (χ1) is 14.5. The summed E-state index contributed by atoms with van der Waals surface area (Å²) in [6.45, 7) is 6.11. The Bertz CT molecular complexity index is 1260. The zero-order valence-corrected chi connectivity index (χ0v) is 18.3. The Hall–Kier alpha value is -2.98. The number of esters is 1. The summed E-state index contributed by atoms with van der Waals surface area (Å²) in [7, 11) is 0. The average molecular weight is 442 g/mol. The number of ether oxygens (including phenoxy) is 1. The minimum absolute atomic E-state index is 0.109. The highest BCUT2D eigenvalue weighted by molar-refractivity contribution is 7.99. The van der Waals surface area contributed by atoms with Crippen molar-refractivity contribution in [3.63, 3.8) is 0 Å². The molecule has 0 aliphatic carbocycles. The van der Waals surface area contributed by atoms with Crippen molar-refractivity contribution >= 4 is 56.5 Å². The van der Waals surface area contributed by atoms with Crippen LogP contribution in [0.3, 0.4) is 0 Å². The molecule has 154 valence electrons. The average Bonchev–Trinajstić information content (AvgIpc) is 3.27. The number of nitrogens with one attached hydrogen (secondary N) is 1. The third kappa shape index (κ3) is 3.75. The topological polar surface area (TPSA) is 98.5 Å². The van der Waals surface area contributed by atoms with Crippen LogP contribution in [0, 0.1) is 13.8 Å². The van der Waals surface area contributed by atoms with E-state index in [2.05, 4.69) is 27.4 Å². The van der Waals surface area contributed by atoms with E-state index < -0.39 is 5.97 Å². The van der Waals surface area contributed by atoms with E-state index in [1.807, 2.05) is 6.92 Å². The molecule has 0 aliphatic heterocycles. The van der Waals surface area contributed by atoms with Crippen LogP contribution in [0.15, 0.2) is 35.7 Å². The number of nitrogens with zero attached hydrogens (tertiary/aromatic N) is 4. The smallest absolute Gasteiger partial charge is 0.340 e. The van der Waals surface area contributed by atoms with E-state index in [-0.39, 0.29) is 18.3 Å². The first-order valence-corrected chi connectivity index (χ1v) is 11.1. The maximum absolute atomic E-state index is 12.5. The van der Waals surface area contributed by atoms with Crippen LogP contribution in [-0.4, -0.2) is 43.8 Å². The van der Waals surface area contributed by atoms with E-state index in [9.17, 15) is 9.59 Å². The summed E-state index contributed by atoms with van der Waals surface area (Å²) < 4.78 is 6.84. The minimum Gasteiger partial charge on any atom is -0.462 e. The molecule has 0 aliphatic rings. The predicted molar refractivity (Wildman–Crippen MR) is 117 cm³/mol. The molecule has 3 aromatic heterocycles. The summed E-state index contributed by atoms with van der Waals surface area (Å²) in [5, 5.41) is 12.9. The molecule has 1 amide bonds. The molecule has 0 spiro atoms. The van der Waals surface area contributed by atoms with Gasteiger partial charge in [-0.05, 0) is 38.5 Å². The Balaban J connectivity index is 1.51. The third-order valence-corrected chi connectivity index (χ3v) is 6.63. The number of carbonyl (C=O) groups excluding carboxylic acids is 2. The van der Waals surface area contributed by atoms with Gasteiger partial charge >= 0.3 is 5.97 Å². The number of para-hydroxylation sites is 1. The summed E-state index contributed by atoms with van der Waals surface area (Å²) in [5.41, 5.74) is 2.61. The molecule has 1 aromatic carbocycles. The van der Waals surface area contributed by atoms with Gasteiger partial charge in [0.25, 0.3) is 0 Å². The van der Waals surface area contributed by atoms with Crippen LogP contribution in [0.4, 0.5) is 5.69 Å². The molecule has 0 bridgehead atoms. The molecule has 1 N–H and O–H groups in total. The van der Waals surface area contributed by atoms with E-state index >= 15 is 0 Å². The monoisotopic (exact) mass is 441 g/mol. The molecule has 3 heterocycles. The number of anilines is 1.